The molecule has 2 heterocycles. The highest BCUT2D eigenvalue weighted by atomic mass is 15.2. The summed E-state index contributed by atoms with van der Waals surface area (Å²) in [6, 6.07) is 0. The van der Waals surface area contributed by atoms with Crippen molar-refractivity contribution in [3.63, 3.8) is 0 Å². The highest BCUT2D eigenvalue weighted by molar-refractivity contribution is 5.68. The number of hydrogen-bond donors (Lipinski definition) is 1. The zero-order valence-electron chi connectivity index (χ0n) is 11.9. The molecule has 0 bridgehead atoms. The summed E-state index contributed by atoms with van der Waals surface area (Å²) in [7, 11) is 0. The average Bonchev–Trinajstić information content (AvgIpc) is 3.10. The molecule has 0 atom stereocenters. The predicted molar refractivity (Wildman–Crippen MR) is 80.3 cm³/mol. The van der Waals surface area contributed by atoms with Crippen LogP contribution in [0.5, 0.6) is 0 Å². The van der Waals surface area contributed by atoms with Crippen molar-refractivity contribution in [1.82, 2.24) is 19.1 Å². The van der Waals surface area contributed by atoms with E-state index in [1.54, 1.807) is 0 Å². The van der Waals surface area contributed by atoms with E-state index in [2.05, 4.69) is 27.6 Å². The zero-order chi connectivity index (χ0) is 14.1. The minimum absolute atomic E-state index is 0.563. The summed E-state index contributed by atoms with van der Waals surface area (Å²) >= 11 is 0. The van der Waals surface area contributed by atoms with Crippen molar-refractivity contribution >= 4 is 5.82 Å². The van der Waals surface area contributed by atoms with Crippen molar-refractivity contribution in [3.05, 3.63) is 31.0 Å². The molecule has 2 aromatic heterocycles. The maximum atomic E-state index is 6.32. The SMILES string of the molecule is C=CCn1c(C2CC2)nc(-c2cncn2CCC)c1N. The van der Waals surface area contributed by atoms with E-state index in [-0.39, 0.29) is 0 Å². The lowest BCUT2D eigenvalue weighted by atomic mass is 10.3. The topological polar surface area (TPSA) is 61.7 Å². The Hall–Kier alpha value is -2.04. The second-order valence-electron chi connectivity index (χ2n) is 5.35. The van der Waals surface area contributed by atoms with Crippen LogP contribution in [-0.2, 0) is 13.1 Å². The molecule has 0 saturated heterocycles. The van der Waals surface area contributed by atoms with E-state index in [1.807, 2.05) is 18.6 Å². The van der Waals surface area contributed by atoms with Gasteiger partial charge in [-0.2, -0.15) is 0 Å². The van der Waals surface area contributed by atoms with Gasteiger partial charge in [0.15, 0.2) is 0 Å². The van der Waals surface area contributed by atoms with Crippen LogP contribution in [0.3, 0.4) is 0 Å². The Morgan fingerprint density at radius 2 is 2.30 bits per heavy atom. The lowest BCUT2D eigenvalue weighted by Gasteiger charge is -2.07. The van der Waals surface area contributed by atoms with Crippen LogP contribution < -0.4 is 5.73 Å². The van der Waals surface area contributed by atoms with E-state index in [0.29, 0.717) is 12.5 Å². The Kier molecular flexibility index (Phi) is 3.34. The lowest BCUT2D eigenvalue weighted by molar-refractivity contribution is 0.683. The molecule has 20 heavy (non-hydrogen) atoms. The van der Waals surface area contributed by atoms with Crippen LogP contribution in [0, 0.1) is 0 Å². The monoisotopic (exact) mass is 271 g/mol. The number of imidazole rings is 2. The Balaban J connectivity index is 2.06. The van der Waals surface area contributed by atoms with Gasteiger partial charge in [-0.15, -0.1) is 6.58 Å². The number of aromatic nitrogens is 4. The summed E-state index contributed by atoms with van der Waals surface area (Å²) in [6.07, 6.45) is 9.05. The fourth-order valence-corrected chi connectivity index (χ4v) is 2.58. The number of nitrogens with two attached hydrogens (primary N) is 1. The van der Waals surface area contributed by atoms with Crippen LogP contribution >= 0.6 is 0 Å². The molecule has 2 aromatic rings. The summed E-state index contributed by atoms with van der Waals surface area (Å²) in [6.45, 7) is 7.61. The van der Waals surface area contributed by atoms with Crippen molar-refractivity contribution in [2.45, 2.75) is 45.2 Å². The third-order valence-electron chi connectivity index (χ3n) is 3.71. The number of nitrogen functional groups attached to an aromatic ring is 1. The van der Waals surface area contributed by atoms with Gasteiger partial charge in [-0.3, -0.25) is 0 Å². The number of hydrogen-bond acceptors (Lipinski definition) is 3. The molecule has 5 nitrogen and oxygen atoms in total. The van der Waals surface area contributed by atoms with Gasteiger partial charge < -0.3 is 14.9 Å². The Morgan fingerprint density at radius 1 is 1.50 bits per heavy atom. The number of anilines is 1. The van der Waals surface area contributed by atoms with Gasteiger partial charge in [0.25, 0.3) is 0 Å². The minimum Gasteiger partial charge on any atom is -0.383 e. The van der Waals surface area contributed by atoms with Crippen molar-refractivity contribution in [3.8, 4) is 11.4 Å². The first kappa shape index (κ1) is 13.0. The molecule has 0 amide bonds. The van der Waals surface area contributed by atoms with Crippen molar-refractivity contribution in [2.24, 2.45) is 0 Å². The van der Waals surface area contributed by atoms with Gasteiger partial charge in [0.1, 0.15) is 17.3 Å². The highest BCUT2D eigenvalue weighted by Gasteiger charge is 2.31. The molecule has 0 radical (unpaired) electrons. The maximum absolute atomic E-state index is 6.32. The predicted octanol–water partition coefficient (Wildman–Crippen LogP) is 2.80. The van der Waals surface area contributed by atoms with Crippen molar-refractivity contribution < 1.29 is 0 Å². The van der Waals surface area contributed by atoms with Crippen LogP contribution in [0.1, 0.15) is 37.9 Å². The van der Waals surface area contributed by atoms with Crippen LogP contribution in [0.4, 0.5) is 5.82 Å². The first-order valence-corrected chi connectivity index (χ1v) is 7.23. The normalized spacial score (nSPS) is 14.7. The zero-order valence-corrected chi connectivity index (χ0v) is 11.9. The molecule has 3 rings (SSSR count). The molecule has 5 heteroatoms. The van der Waals surface area contributed by atoms with Gasteiger partial charge in [-0.1, -0.05) is 13.0 Å². The van der Waals surface area contributed by atoms with E-state index >= 15 is 0 Å². The van der Waals surface area contributed by atoms with Gasteiger partial charge in [0, 0.05) is 19.0 Å². The van der Waals surface area contributed by atoms with Crippen LogP contribution in [-0.4, -0.2) is 19.1 Å². The van der Waals surface area contributed by atoms with Gasteiger partial charge in [-0.25, -0.2) is 9.97 Å². The van der Waals surface area contributed by atoms with Gasteiger partial charge >= 0.3 is 0 Å². The third kappa shape index (κ3) is 2.13. The van der Waals surface area contributed by atoms with E-state index in [1.165, 1.54) is 12.8 Å². The number of allylic oxidation sites excluding steroid dienone is 1. The van der Waals surface area contributed by atoms with Gasteiger partial charge in [0.05, 0.1) is 18.2 Å². The molecule has 2 N–H and O–H groups in total. The Bertz CT molecular complexity index is 618. The van der Waals surface area contributed by atoms with E-state index in [0.717, 1.165) is 36.0 Å². The number of aryl methyl sites for hydroxylation is 1. The molecule has 0 unspecified atom stereocenters. The fourth-order valence-electron chi connectivity index (χ4n) is 2.58. The molecule has 0 aromatic carbocycles. The molecule has 0 spiro atoms. The van der Waals surface area contributed by atoms with E-state index < -0.39 is 0 Å². The largest absolute Gasteiger partial charge is 0.383 e. The second-order valence-corrected chi connectivity index (χ2v) is 5.35. The first-order valence-electron chi connectivity index (χ1n) is 7.23. The highest BCUT2D eigenvalue weighted by Crippen LogP contribution is 2.42. The summed E-state index contributed by atoms with van der Waals surface area (Å²) in [5.41, 5.74) is 8.19. The molecule has 106 valence electrons. The van der Waals surface area contributed by atoms with Crippen LogP contribution in [0.25, 0.3) is 11.4 Å². The van der Waals surface area contributed by atoms with Crippen molar-refractivity contribution in [2.75, 3.05) is 5.73 Å². The number of rotatable bonds is 6. The third-order valence-corrected chi connectivity index (χ3v) is 3.71. The Labute approximate surface area is 119 Å². The molecular weight excluding hydrogens is 250 g/mol. The summed E-state index contributed by atoms with van der Waals surface area (Å²) in [4.78, 5) is 9.05. The molecular formula is C15H21N5. The summed E-state index contributed by atoms with van der Waals surface area (Å²) in [5.74, 6) is 2.39. The fraction of sp³-hybridized carbons (Fsp3) is 0.467. The van der Waals surface area contributed by atoms with Gasteiger partial charge in [0.2, 0.25) is 0 Å². The Morgan fingerprint density at radius 3 is 2.95 bits per heavy atom. The average molecular weight is 271 g/mol. The summed E-state index contributed by atoms with van der Waals surface area (Å²) in [5, 5.41) is 0. The molecule has 1 aliphatic carbocycles. The first-order chi connectivity index (χ1) is 9.76. The van der Waals surface area contributed by atoms with Crippen molar-refractivity contribution in [1.29, 1.82) is 0 Å². The van der Waals surface area contributed by atoms with E-state index in [9.17, 15) is 0 Å². The van der Waals surface area contributed by atoms with Crippen LogP contribution in [0.2, 0.25) is 0 Å². The molecule has 1 saturated carbocycles. The lowest BCUT2D eigenvalue weighted by Crippen LogP contribution is -2.05. The van der Waals surface area contributed by atoms with Gasteiger partial charge in [-0.05, 0) is 19.3 Å². The van der Waals surface area contributed by atoms with E-state index in [4.69, 9.17) is 10.7 Å². The number of nitrogens with zero attached hydrogens (tertiary/aromatic N) is 4. The summed E-state index contributed by atoms with van der Waals surface area (Å²) < 4.78 is 4.21. The smallest absolute Gasteiger partial charge is 0.133 e. The second kappa shape index (κ2) is 5.15. The molecule has 0 aliphatic heterocycles. The standard InChI is InChI=1S/C15H21N5/c1-3-7-19-10-17-9-12(19)13-14(16)20(8-4-2)15(18-13)11-5-6-11/h4,9-11H,2-3,5-8,16H2,1H3. The quantitative estimate of drug-likeness (QED) is 0.822. The minimum atomic E-state index is 0.563. The molecule has 1 aliphatic rings. The maximum Gasteiger partial charge on any atom is 0.133 e. The molecule has 1 fully saturated rings. The van der Waals surface area contributed by atoms with Crippen LogP contribution in [0.15, 0.2) is 25.2 Å².